The molecule has 5 rings (SSSR count). The van der Waals surface area contributed by atoms with Crippen molar-refractivity contribution in [1.82, 2.24) is 0 Å². The van der Waals surface area contributed by atoms with E-state index < -0.39 is 0 Å². The molecule has 0 bridgehead atoms. The molecule has 44 heavy (non-hydrogen) atoms. The Labute approximate surface area is 261 Å². The highest BCUT2D eigenvalue weighted by Gasteiger charge is 2.17. The van der Waals surface area contributed by atoms with Gasteiger partial charge >= 0.3 is 0 Å². The molecule has 0 unspecified atom stereocenters. The van der Waals surface area contributed by atoms with E-state index in [1.165, 1.54) is 44.5 Å². The molecule has 0 atom stereocenters. The highest BCUT2D eigenvalue weighted by Crippen LogP contribution is 2.40. The minimum absolute atomic E-state index is 0.650. The van der Waals surface area contributed by atoms with Crippen LogP contribution in [0.2, 0.25) is 0 Å². The fraction of sp³-hybridized carbons (Fsp3) is 0.200. The van der Waals surface area contributed by atoms with Crippen LogP contribution < -0.4 is 10.6 Å². The van der Waals surface area contributed by atoms with E-state index >= 15 is 0 Å². The first-order valence-electron chi connectivity index (χ1n) is 15.6. The van der Waals surface area contributed by atoms with Crippen molar-refractivity contribution in [3.8, 4) is 22.3 Å². The normalized spacial score (nSPS) is 10.8. The third kappa shape index (κ3) is 6.21. The Bertz CT molecular complexity index is 1620. The van der Waals surface area contributed by atoms with E-state index in [2.05, 4.69) is 86.9 Å². The largest absolute Gasteiger partial charge is 0.354 e. The number of anilines is 4. The van der Waals surface area contributed by atoms with Crippen molar-refractivity contribution < 1.29 is 9.59 Å². The zero-order valence-electron chi connectivity index (χ0n) is 26.0. The van der Waals surface area contributed by atoms with Crippen LogP contribution in [0.15, 0.2) is 97.1 Å². The van der Waals surface area contributed by atoms with Gasteiger partial charge in [0, 0.05) is 33.9 Å². The van der Waals surface area contributed by atoms with Gasteiger partial charge in [0.25, 0.3) is 0 Å². The summed E-state index contributed by atoms with van der Waals surface area (Å²) in [5, 5.41) is 7.18. The van der Waals surface area contributed by atoms with Crippen LogP contribution >= 0.6 is 0 Å². The number of rotatable bonds is 12. The van der Waals surface area contributed by atoms with Gasteiger partial charge in [-0.15, -0.1) is 0 Å². The predicted octanol–water partition coefficient (Wildman–Crippen LogP) is 10.4. The second-order valence-corrected chi connectivity index (χ2v) is 11.0. The maximum Gasteiger partial charge on any atom is 0.152 e. The van der Waals surface area contributed by atoms with E-state index in [9.17, 15) is 9.59 Å². The molecule has 5 aromatic carbocycles. The molecular formula is C40H40N2O2. The van der Waals surface area contributed by atoms with Crippen LogP contribution in [0.1, 0.15) is 70.7 Å². The van der Waals surface area contributed by atoms with Gasteiger partial charge in [0.15, 0.2) is 12.6 Å². The fourth-order valence-corrected chi connectivity index (χ4v) is 5.97. The summed E-state index contributed by atoms with van der Waals surface area (Å²) in [4.78, 5) is 23.4. The number of carbonyl (C=O) groups excluding carboxylic acids is 2. The van der Waals surface area contributed by atoms with Gasteiger partial charge in [-0.05, 0) is 119 Å². The number of carbonyl (C=O) groups is 2. The third-order valence-electron chi connectivity index (χ3n) is 8.37. The first kappa shape index (κ1) is 30.5. The van der Waals surface area contributed by atoms with Gasteiger partial charge in [-0.25, -0.2) is 0 Å². The lowest BCUT2D eigenvalue weighted by Crippen LogP contribution is -2.04. The Hall–Kier alpha value is -4.96. The summed E-state index contributed by atoms with van der Waals surface area (Å²) in [6.45, 7) is 8.71. The molecule has 0 aliphatic carbocycles. The average molecular weight is 581 g/mol. The Morgan fingerprint density at radius 3 is 1.11 bits per heavy atom. The molecule has 222 valence electrons. The SMILES string of the molecule is CCc1cc(-c2ccccc2-c2cc(CC)c(Nc3ccccc3C=O)c(CC)c2)cc(CC)c1Nc1ccccc1C=O. The number of aryl methyl sites for hydroxylation is 4. The van der Waals surface area contributed by atoms with Crippen LogP contribution in [0, 0.1) is 0 Å². The van der Waals surface area contributed by atoms with Crippen molar-refractivity contribution in [2.75, 3.05) is 10.6 Å². The molecule has 0 amide bonds. The van der Waals surface area contributed by atoms with Crippen molar-refractivity contribution in [2.24, 2.45) is 0 Å². The summed E-state index contributed by atoms with van der Waals surface area (Å²) >= 11 is 0. The van der Waals surface area contributed by atoms with Gasteiger partial charge in [0.2, 0.25) is 0 Å². The zero-order chi connectivity index (χ0) is 31.1. The Balaban J connectivity index is 1.61. The molecule has 0 heterocycles. The van der Waals surface area contributed by atoms with Crippen LogP contribution in [0.4, 0.5) is 22.7 Å². The van der Waals surface area contributed by atoms with Gasteiger partial charge in [-0.2, -0.15) is 0 Å². The Morgan fingerprint density at radius 1 is 0.477 bits per heavy atom. The molecule has 0 saturated carbocycles. The van der Waals surface area contributed by atoms with Crippen LogP contribution in [0.25, 0.3) is 22.3 Å². The van der Waals surface area contributed by atoms with Gasteiger partial charge < -0.3 is 10.6 Å². The van der Waals surface area contributed by atoms with Crippen LogP contribution in [-0.2, 0) is 25.7 Å². The molecule has 0 aliphatic rings. The summed E-state index contributed by atoms with van der Waals surface area (Å²) in [5.41, 5.74) is 14.7. The van der Waals surface area contributed by atoms with Crippen molar-refractivity contribution in [3.05, 3.63) is 130 Å². The van der Waals surface area contributed by atoms with E-state index in [1.807, 2.05) is 48.5 Å². The molecule has 0 spiro atoms. The summed E-state index contributed by atoms with van der Waals surface area (Å²) in [5.74, 6) is 0. The molecule has 0 saturated heterocycles. The van der Waals surface area contributed by atoms with E-state index in [-0.39, 0.29) is 0 Å². The van der Waals surface area contributed by atoms with E-state index in [0.29, 0.717) is 11.1 Å². The van der Waals surface area contributed by atoms with Crippen LogP contribution in [0.3, 0.4) is 0 Å². The van der Waals surface area contributed by atoms with Crippen molar-refractivity contribution in [2.45, 2.75) is 53.4 Å². The molecule has 2 N–H and O–H groups in total. The first-order chi connectivity index (χ1) is 21.5. The van der Waals surface area contributed by atoms with Crippen LogP contribution in [0.5, 0.6) is 0 Å². The smallest absolute Gasteiger partial charge is 0.152 e. The lowest BCUT2D eigenvalue weighted by atomic mass is 9.88. The zero-order valence-corrected chi connectivity index (χ0v) is 26.0. The first-order valence-corrected chi connectivity index (χ1v) is 15.6. The number of hydrogen-bond donors (Lipinski definition) is 2. The van der Waals surface area contributed by atoms with E-state index in [1.54, 1.807) is 0 Å². The fourth-order valence-electron chi connectivity index (χ4n) is 5.97. The topological polar surface area (TPSA) is 58.2 Å². The monoisotopic (exact) mass is 580 g/mol. The van der Waals surface area contributed by atoms with Crippen molar-refractivity contribution in [1.29, 1.82) is 0 Å². The average Bonchev–Trinajstić information content (AvgIpc) is 3.08. The third-order valence-corrected chi connectivity index (χ3v) is 8.37. The van der Waals surface area contributed by atoms with Crippen molar-refractivity contribution >= 4 is 35.3 Å². The Kier molecular flexibility index (Phi) is 9.71. The molecule has 5 aromatic rings. The minimum Gasteiger partial charge on any atom is -0.354 e. The lowest BCUT2D eigenvalue weighted by Gasteiger charge is -2.21. The van der Waals surface area contributed by atoms with E-state index in [4.69, 9.17) is 0 Å². The van der Waals surface area contributed by atoms with Crippen LogP contribution in [-0.4, -0.2) is 12.6 Å². The minimum atomic E-state index is 0.650. The molecule has 4 heteroatoms. The quantitative estimate of drug-likeness (QED) is 0.144. The van der Waals surface area contributed by atoms with Crippen molar-refractivity contribution in [3.63, 3.8) is 0 Å². The van der Waals surface area contributed by atoms with Gasteiger partial charge in [0.1, 0.15) is 0 Å². The second-order valence-electron chi connectivity index (χ2n) is 11.0. The predicted molar refractivity (Wildman–Crippen MR) is 185 cm³/mol. The second kappa shape index (κ2) is 14.0. The maximum absolute atomic E-state index is 11.7. The van der Waals surface area contributed by atoms with Gasteiger partial charge in [-0.3, -0.25) is 9.59 Å². The summed E-state index contributed by atoms with van der Waals surface area (Å²) in [7, 11) is 0. The standard InChI is InChI=1S/C40H40N2O2/c1-5-27-21-33(22-28(6-2)39(27)41-37-19-13-9-15-31(37)25-43)35-17-11-12-18-36(35)34-23-29(7-3)40(30(8-4)24-34)42-38-20-14-10-16-32(38)26-44/h9-26,41-42H,5-8H2,1-4H3. The molecule has 0 aromatic heterocycles. The number of hydrogen-bond acceptors (Lipinski definition) is 4. The molecule has 0 aliphatic heterocycles. The number of nitrogens with one attached hydrogen (secondary N) is 2. The molecule has 0 fully saturated rings. The highest BCUT2D eigenvalue weighted by molar-refractivity contribution is 5.90. The Morgan fingerprint density at radius 2 is 0.795 bits per heavy atom. The highest BCUT2D eigenvalue weighted by atomic mass is 16.1. The molecule has 0 radical (unpaired) electrons. The lowest BCUT2D eigenvalue weighted by molar-refractivity contribution is 0.111. The summed E-state index contributed by atoms with van der Waals surface area (Å²) in [6.07, 6.45) is 5.24. The number of aldehydes is 2. The number of benzene rings is 5. The molecule has 4 nitrogen and oxygen atoms in total. The van der Waals surface area contributed by atoms with E-state index in [0.717, 1.165) is 61.0 Å². The maximum atomic E-state index is 11.7. The van der Waals surface area contributed by atoms with Gasteiger partial charge in [0.05, 0.1) is 0 Å². The van der Waals surface area contributed by atoms with Gasteiger partial charge in [-0.1, -0.05) is 76.2 Å². The molecular weight excluding hydrogens is 540 g/mol. The summed E-state index contributed by atoms with van der Waals surface area (Å²) < 4.78 is 0. The number of para-hydroxylation sites is 2. The summed E-state index contributed by atoms with van der Waals surface area (Å²) in [6, 6.07) is 33.1.